The maximum absolute atomic E-state index is 9.18. The summed E-state index contributed by atoms with van der Waals surface area (Å²) in [5.74, 6) is 0. The van der Waals surface area contributed by atoms with E-state index in [1.54, 1.807) is 0 Å². The highest BCUT2D eigenvalue weighted by atomic mass is 79.9. The van der Waals surface area contributed by atoms with Gasteiger partial charge in [-0.1, -0.05) is 40.5 Å². The van der Waals surface area contributed by atoms with Gasteiger partial charge in [-0.3, -0.25) is 0 Å². The topological polar surface area (TPSA) is 40.5 Å². The van der Waals surface area contributed by atoms with E-state index < -0.39 is 5.41 Å². The molecule has 0 amide bonds. The van der Waals surface area contributed by atoms with Crippen LogP contribution in [0, 0.1) is 5.41 Å². The number of benzene rings is 1. The quantitative estimate of drug-likeness (QED) is 0.896. The van der Waals surface area contributed by atoms with Gasteiger partial charge < -0.3 is 10.2 Å². The van der Waals surface area contributed by atoms with Crippen LogP contribution in [0.2, 0.25) is 5.02 Å². The Balaban J connectivity index is 2.89. The van der Waals surface area contributed by atoms with E-state index in [-0.39, 0.29) is 13.2 Å². The number of aliphatic hydroxyl groups excluding tert-OH is 2. The minimum atomic E-state index is -0.516. The zero-order chi connectivity index (χ0) is 11.5. The molecule has 15 heavy (non-hydrogen) atoms. The molecule has 0 spiro atoms. The van der Waals surface area contributed by atoms with Crippen molar-refractivity contribution < 1.29 is 10.2 Å². The van der Waals surface area contributed by atoms with Gasteiger partial charge in [0.25, 0.3) is 0 Å². The molecule has 0 atom stereocenters. The molecule has 84 valence electrons. The maximum Gasteiger partial charge on any atom is 0.0509 e. The first-order valence-corrected chi connectivity index (χ1v) is 5.83. The third-order valence-corrected chi connectivity index (χ3v) is 3.24. The van der Waals surface area contributed by atoms with Crippen LogP contribution in [-0.4, -0.2) is 23.4 Å². The fourth-order valence-electron chi connectivity index (χ4n) is 1.29. The number of halogens is 2. The predicted octanol–water partition coefficient (Wildman–Crippen LogP) is 2.64. The molecule has 0 aliphatic rings. The van der Waals surface area contributed by atoms with Crippen molar-refractivity contribution in [3.8, 4) is 0 Å². The lowest BCUT2D eigenvalue weighted by Gasteiger charge is -2.25. The van der Waals surface area contributed by atoms with Gasteiger partial charge >= 0.3 is 0 Å². The number of hydrogen-bond donors (Lipinski definition) is 2. The van der Waals surface area contributed by atoms with E-state index >= 15 is 0 Å². The molecule has 0 fully saturated rings. The van der Waals surface area contributed by atoms with E-state index in [4.69, 9.17) is 11.6 Å². The van der Waals surface area contributed by atoms with Crippen molar-refractivity contribution in [2.75, 3.05) is 13.2 Å². The molecule has 0 unspecified atom stereocenters. The normalized spacial score (nSPS) is 11.8. The second-order valence-electron chi connectivity index (χ2n) is 4.04. The van der Waals surface area contributed by atoms with Crippen LogP contribution in [0.15, 0.2) is 22.7 Å². The zero-order valence-electron chi connectivity index (χ0n) is 8.50. The van der Waals surface area contributed by atoms with Gasteiger partial charge in [0.1, 0.15) is 0 Å². The highest BCUT2D eigenvalue weighted by Gasteiger charge is 2.23. The minimum absolute atomic E-state index is 0.0596. The van der Waals surface area contributed by atoms with Crippen LogP contribution in [0.3, 0.4) is 0 Å². The first-order chi connectivity index (χ1) is 7.00. The molecule has 1 rings (SSSR count). The zero-order valence-corrected chi connectivity index (χ0v) is 10.8. The predicted molar refractivity (Wildman–Crippen MR) is 65.1 cm³/mol. The molecule has 1 aromatic rings. The molecule has 2 nitrogen and oxygen atoms in total. The summed E-state index contributed by atoms with van der Waals surface area (Å²) in [5.41, 5.74) is 0.419. The molecule has 0 aromatic heterocycles. The van der Waals surface area contributed by atoms with Crippen molar-refractivity contribution >= 4 is 27.5 Å². The van der Waals surface area contributed by atoms with Gasteiger partial charge in [0, 0.05) is 14.9 Å². The molecular formula is C11H14BrClO2. The van der Waals surface area contributed by atoms with Crippen LogP contribution in [-0.2, 0) is 6.42 Å². The second-order valence-corrected chi connectivity index (χ2v) is 5.36. The molecule has 0 saturated carbocycles. The fourth-order valence-corrected chi connectivity index (χ4v) is 2.03. The second kappa shape index (κ2) is 5.30. The Bertz CT molecular complexity index is 337. The Morgan fingerprint density at radius 2 is 1.93 bits per heavy atom. The number of hydrogen-bond acceptors (Lipinski definition) is 2. The third-order valence-electron chi connectivity index (χ3n) is 2.40. The Morgan fingerprint density at radius 1 is 1.33 bits per heavy atom. The molecule has 0 aliphatic carbocycles. The van der Waals surface area contributed by atoms with E-state index in [1.807, 2.05) is 25.1 Å². The van der Waals surface area contributed by atoms with Gasteiger partial charge in [-0.2, -0.15) is 0 Å². The van der Waals surface area contributed by atoms with Crippen molar-refractivity contribution in [2.45, 2.75) is 13.3 Å². The highest BCUT2D eigenvalue weighted by Crippen LogP contribution is 2.28. The summed E-state index contributed by atoms with van der Waals surface area (Å²) in [4.78, 5) is 0. The van der Waals surface area contributed by atoms with E-state index in [1.165, 1.54) is 0 Å². The van der Waals surface area contributed by atoms with E-state index in [0.717, 1.165) is 10.0 Å². The summed E-state index contributed by atoms with van der Waals surface area (Å²) in [6, 6.07) is 5.61. The van der Waals surface area contributed by atoms with Gasteiger partial charge in [0.15, 0.2) is 0 Å². The van der Waals surface area contributed by atoms with Gasteiger partial charge in [-0.25, -0.2) is 0 Å². The average Bonchev–Trinajstić information content (AvgIpc) is 2.22. The molecule has 4 heteroatoms. The molecule has 0 saturated heterocycles. The fraction of sp³-hybridized carbons (Fsp3) is 0.455. The Labute approximate surface area is 103 Å². The summed E-state index contributed by atoms with van der Waals surface area (Å²) in [6.45, 7) is 1.71. The van der Waals surface area contributed by atoms with Crippen LogP contribution < -0.4 is 0 Å². The maximum atomic E-state index is 9.18. The summed E-state index contributed by atoms with van der Waals surface area (Å²) >= 11 is 9.38. The summed E-state index contributed by atoms with van der Waals surface area (Å²) in [5, 5.41) is 19.0. The molecular weight excluding hydrogens is 279 g/mol. The van der Waals surface area contributed by atoms with Crippen molar-refractivity contribution in [1.82, 2.24) is 0 Å². The average molecular weight is 294 g/mol. The van der Waals surface area contributed by atoms with Gasteiger partial charge in [0.05, 0.1) is 13.2 Å². The molecule has 0 heterocycles. The minimum Gasteiger partial charge on any atom is -0.396 e. The Kier molecular flexibility index (Phi) is 4.59. The standard InChI is InChI=1S/C11H14BrClO2/c1-11(6-14,7-15)5-8-2-3-9(12)4-10(8)13/h2-4,14-15H,5-7H2,1H3. The smallest absolute Gasteiger partial charge is 0.0509 e. The van der Waals surface area contributed by atoms with Crippen LogP contribution in [0.5, 0.6) is 0 Å². The lowest BCUT2D eigenvalue weighted by molar-refractivity contribution is 0.0704. The Hall–Kier alpha value is -0.0900. The number of aliphatic hydroxyl groups is 2. The van der Waals surface area contributed by atoms with Crippen LogP contribution >= 0.6 is 27.5 Å². The van der Waals surface area contributed by atoms with Crippen molar-refractivity contribution in [2.24, 2.45) is 5.41 Å². The van der Waals surface area contributed by atoms with E-state index in [2.05, 4.69) is 15.9 Å². The lowest BCUT2D eigenvalue weighted by Crippen LogP contribution is -2.28. The Morgan fingerprint density at radius 3 is 2.40 bits per heavy atom. The number of rotatable bonds is 4. The first-order valence-electron chi connectivity index (χ1n) is 4.66. The highest BCUT2D eigenvalue weighted by molar-refractivity contribution is 9.10. The van der Waals surface area contributed by atoms with Gasteiger partial charge in [-0.15, -0.1) is 0 Å². The van der Waals surface area contributed by atoms with Crippen LogP contribution in [0.25, 0.3) is 0 Å². The van der Waals surface area contributed by atoms with E-state index in [0.29, 0.717) is 11.4 Å². The molecule has 0 aliphatic heterocycles. The molecule has 2 N–H and O–H groups in total. The van der Waals surface area contributed by atoms with Crippen molar-refractivity contribution in [3.05, 3.63) is 33.3 Å². The summed E-state index contributed by atoms with van der Waals surface area (Å²) in [6.07, 6.45) is 0.562. The molecule has 0 bridgehead atoms. The third kappa shape index (κ3) is 3.45. The summed E-state index contributed by atoms with van der Waals surface area (Å²) < 4.78 is 0.922. The van der Waals surface area contributed by atoms with Crippen LogP contribution in [0.1, 0.15) is 12.5 Å². The van der Waals surface area contributed by atoms with Crippen LogP contribution in [0.4, 0.5) is 0 Å². The molecule has 1 aromatic carbocycles. The first kappa shape index (κ1) is 13.0. The van der Waals surface area contributed by atoms with Gasteiger partial charge in [-0.05, 0) is 24.1 Å². The largest absolute Gasteiger partial charge is 0.396 e. The van der Waals surface area contributed by atoms with Gasteiger partial charge in [0.2, 0.25) is 0 Å². The summed E-state index contributed by atoms with van der Waals surface area (Å²) in [7, 11) is 0. The van der Waals surface area contributed by atoms with Crippen molar-refractivity contribution in [1.29, 1.82) is 0 Å². The molecule has 0 radical (unpaired) electrons. The SMILES string of the molecule is CC(CO)(CO)Cc1ccc(Br)cc1Cl. The van der Waals surface area contributed by atoms with E-state index in [9.17, 15) is 10.2 Å². The monoisotopic (exact) mass is 292 g/mol. The lowest BCUT2D eigenvalue weighted by atomic mass is 9.85. The van der Waals surface area contributed by atoms with Crippen molar-refractivity contribution in [3.63, 3.8) is 0 Å².